The Balaban J connectivity index is 2.37. The smallest absolute Gasteiger partial charge is 0.337 e. The number of rotatable bonds is 3. The van der Waals surface area contributed by atoms with Crippen LogP contribution in [0.15, 0.2) is 40.9 Å². The maximum Gasteiger partial charge on any atom is 0.337 e. The van der Waals surface area contributed by atoms with E-state index in [0.29, 0.717) is 16.4 Å². The first kappa shape index (κ1) is 13.7. The van der Waals surface area contributed by atoms with Crippen LogP contribution in [-0.2, 0) is 0 Å². The van der Waals surface area contributed by atoms with Crippen molar-refractivity contribution in [2.24, 2.45) is 0 Å². The van der Waals surface area contributed by atoms with Gasteiger partial charge in [-0.05, 0) is 52.3 Å². The van der Waals surface area contributed by atoms with E-state index in [4.69, 9.17) is 22.4 Å². The summed E-state index contributed by atoms with van der Waals surface area (Å²) in [5.74, 6) is -1.04. The van der Waals surface area contributed by atoms with Crippen LogP contribution in [-0.4, -0.2) is 11.1 Å². The van der Waals surface area contributed by atoms with E-state index < -0.39 is 5.97 Å². The maximum atomic E-state index is 11.2. The average molecular weight is 342 g/mol. The zero-order valence-electron chi connectivity index (χ0n) is 9.65. The van der Waals surface area contributed by atoms with Crippen molar-refractivity contribution in [1.29, 1.82) is 0 Å². The number of carboxylic acid groups (broad SMARTS) is 1. The first-order chi connectivity index (χ1) is 8.97. The van der Waals surface area contributed by atoms with Gasteiger partial charge in [-0.15, -0.1) is 0 Å². The van der Waals surface area contributed by atoms with Crippen LogP contribution in [0.1, 0.15) is 10.4 Å². The quantitative estimate of drug-likeness (QED) is 0.734. The minimum atomic E-state index is -1.04. The molecule has 0 bridgehead atoms. The Morgan fingerprint density at radius 1 is 1.26 bits per heavy atom. The van der Waals surface area contributed by atoms with Crippen LogP contribution in [0.4, 0.5) is 17.1 Å². The van der Waals surface area contributed by atoms with Crippen LogP contribution in [0, 0.1) is 0 Å². The minimum absolute atomic E-state index is 0.117. The van der Waals surface area contributed by atoms with Crippen molar-refractivity contribution in [2.45, 2.75) is 0 Å². The molecule has 0 amide bonds. The molecule has 0 saturated carbocycles. The highest BCUT2D eigenvalue weighted by Crippen LogP contribution is 2.29. The van der Waals surface area contributed by atoms with Gasteiger partial charge in [-0.1, -0.05) is 11.6 Å². The number of nitrogen functional groups attached to an aromatic ring is 1. The second-order valence-corrected chi connectivity index (χ2v) is 5.13. The molecular weight excluding hydrogens is 332 g/mol. The fraction of sp³-hybridized carbons (Fsp3) is 0. The van der Waals surface area contributed by atoms with Crippen molar-refractivity contribution >= 4 is 50.6 Å². The lowest BCUT2D eigenvalue weighted by molar-refractivity contribution is 0.0698. The molecule has 6 heteroatoms. The number of halogens is 2. The molecule has 98 valence electrons. The number of hydrogen-bond donors (Lipinski definition) is 3. The number of hydrogen-bond acceptors (Lipinski definition) is 3. The van der Waals surface area contributed by atoms with Crippen LogP contribution < -0.4 is 11.1 Å². The number of benzene rings is 2. The van der Waals surface area contributed by atoms with Gasteiger partial charge < -0.3 is 16.2 Å². The first-order valence-corrected chi connectivity index (χ1v) is 6.49. The van der Waals surface area contributed by atoms with Gasteiger partial charge in [0.05, 0.1) is 16.3 Å². The van der Waals surface area contributed by atoms with Gasteiger partial charge in [0.2, 0.25) is 0 Å². The molecule has 0 fully saturated rings. The van der Waals surface area contributed by atoms with Gasteiger partial charge in [-0.25, -0.2) is 4.79 Å². The van der Waals surface area contributed by atoms with Crippen LogP contribution in [0.5, 0.6) is 0 Å². The van der Waals surface area contributed by atoms with Crippen LogP contribution >= 0.6 is 27.5 Å². The van der Waals surface area contributed by atoms with Gasteiger partial charge >= 0.3 is 5.97 Å². The monoisotopic (exact) mass is 340 g/mol. The highest BCUT2D eigenvalue weighted by atomic mass is 79.9. The molecule has 0 aromatic heterocycles. The number of carboxylic acids is 1. The molecule has 2 aromatic carbocycles. The molecule has 2 rings (SSSR count). The summed E-state index contributed by atoms with van der Waals surface area (Å²) in [6.45, 7) is 0. The minimum Gasteiger partial charge on any atom is -0.478 e. The van der Waals surface area contributed by atoms with E-state index in [0.717, 1.165) is 10.2 Å². The maximum absolute atomic E-state index is 11.2. The molecule has 0 unspecified atom stereocenters. The number of anilines is 3. The summed E-state index contributed by atoms with van der Waals surface area (Å²) in [5.41, 5.74) is 7.30. The van der Waals surface area contributed by atoms with E-state index >= 15 is 0 Å². The highest BCUT2D eigenvalue weighted by molar-refractivity contribution is 9.10. The van der Waals surface area contributed by atoms with Crippen molar-refractivity contribution in [1.82, 2.24) is 0 Å². The molecule has 0 aliphatic heterocycles. The lowest BCUT2D eigenvalue weighted by atomic mass is 10.1. The lowest BCUT2D eigenvalue weighted by Crippen LogP contribution is -2.03. The molecule has 0 saturated heterocycles. The summed E-state index contributed by atoms with van der Waals surface area (Å²) in [4.78, 5) is 11.2. The summed E-state index contributed by atoms with van der Waals surface area (Å²) in [5, 5.41) is 12.7. The number of carbonyl (C=O) groups is 1. The van der Waals surface area contributed by atoms with Gasteiger partial charge in [0.1, 0.15) is 0 Å². The molecule has 19 heavy (non-hydrogen) atoms. The van der Waals surface area contributed by atoms with Gasteiger partial charge in [0, 0.05) is 15.8 Å². The van der Waals surface area contributed by atoms with Crippen molar-refractivity contribution in [3.05, 3.63) is 51.5 Å². The van der Waals surface area contributed by atoms with Crippen LogP contribution in [0.3, 0.4) is 0 Å². The molecule has 4 N–H and O–H groups in total. The predicted molar refractivity (Wildman–Crippen MR) is 80.2 cm³/mol. The van der Waals surface area contributed by atoms with Crippen LogP contribution in [0.25, 0.3) is 0 Å². The normalized spacial score (nSPS) is 10.2. The number of nitrogens with one attached hydrogen (secondary N) is 1. The first-order valence-electron chi connectivity index (χ1n) is 5.32. The Bertz CT molecular complexity index is 647. The van der Waals surface area contributed by atoms with E-state index in [1.807, 2.05) is 0 Å². The fourth-order valence-electron chi connectivity index (χ4n) is 1.58. The third kappa shape index (κ3) is 3.19. The predicted octanol–water partition coefficient (Wildman–Crippen LogP) is 4.13. The topological polar surface area (TPSA) is 75.3 Å². The molecule has 0 spiro atoms. The Labute approximate surface area is 123 Å². The largest absolute Gasteiger partial charge is 0.478 e. The zero-order chi connectivity index (χ0) is 14.0. The standard InChI is InChI=1S/C13H10BrClN2O2/c14-10-6-8(2-3-11(10)15)17-12-4-1-7(16)5-9(12)13(18)19/h1-6,17H,16H2,(H,18,19). The Kier molecular flexibility index (Phi) is 3.97. The summed E-state index contributed by atoms with van der Waals surface area (Å²) >= 11 is 9.21. The third-order valence-corrected chi connectivity index (χ3v) is 3.69. The molecule has 0 aliphatic rings. The molecule has 0 aliphatic carbocycles. The molecule has 4 nitrogen and oxygen atoms in total. The number of nitrogens with two attached hydrogens (primary N) is 1. The Hall–Kier alpha value is -1.72. The molecule has 2 aromatic rings. The van der Waals surface area contributed by atoms with E-state index in [9.17, 15) is 4.79 Å². The highest BCUT2D eigenvalue weighted by Gasteiger charge is 2.11. The second kappa shape index (κ2) is 5.50. The Morgan fingerprint density at radius 2 is 2.00 bits per heavy atom. The third-order valence-electron chi connectivity index (χ3n) is 2.47. The summed E-state index contributed by atoms with van der Waals surface area (Å²) < 4.78 is 0.728. The van der Waals surface area contributed by atoms with E-state index in [-0.39, 0.29) is 5.56 Å². The van der Waals surface area contributed by atoms with Crippen molar-refractivity contribution in [2.75, 3.05) is 11.1 Å². The molecular formula is C13H10BrClN2O2. The zero-order valence-corrected chi connectivity index (χ0v) is 12.0. The molecule has 0 radical (unpaired) electrons. The van der Waals surface area contributed by atoms with Gasteiger partial charge in [0.25, 0.3) is 0 Å². The van der Waals surface area contributed by atoms with Crippen LogP contribution in [0.2, 0.25) is 5.02 Å². The van der Waals surface area contributed by atoms with Gasteiger partial charge in [-0.3, -0.25) is 0 Å². The SMILES string of the molecule is Nc1ccc(Nc2ccc(Cl)c(Br)c2)c(C(=O)O)c1. The molecule has 0 atom stereocenters. The summed E-state index contributed by atoms with van der Waals surface area (Å²) in [7, 11) is 0. The van der Waals surface area contributed by atoms with Gasteiger partial charge in [0.15, 0.2) is 0 Å². The summed E-state index contributed by atoms with van der Waals surface area (Å²) in [6.07, 6.45) is 0. The Morgan fingerprint density at radius 3 is 2.63 bits per heavy atom. The van der Waals surface area contributed by atoms with E-state index in [2.05, 4.69) is 21.2 Å². The van der Waals surface area contributed by atoms with E-state index in [1.165, 1.54) is 6.07 Å². The van der Waals surface area contributed by atoms with E-state index in [1.54, 1.807) is 30.3 Å². The van der Waals surface area contributed by atoms with Crippen molar-refractivity contribution in [3.63, 3.8) is 0 Å². The van der Waals surface area contributed by atoms with Crippen molar-refractivity contribution < 1.29 is 9.90 Å². The lowest BCUT2D eigenvalue weighted by Gasteiger charge is -2.11. The fourth-order valence-corrected chi connectivity index (χ4v) is 2.07. The van der Waals surface area contributed by atoms with Gasteiger partial charge in [-0.2, -0.15) is 0 Å². The average Bonchev–Trinajstić information content (AvgIpc) is 2.36. The van der Waals surface area contributed by atoms with Crippen molar-refractivity contribution in [3.8, 4) is 0 Å². The number of aromatic carboxylic acids is 1. The second-order valence-electron chi connectivity index (χ2n) is 3.86. The molecule has 0 heterocycles. The summed E-state index contributed by atoms with van der Waals surface area (Å²) in [6, 6.07) is 9.92.